The second-order valence-corrected chi connectivity index (χ2v) is 25.1. The van der Waals surface area contributed by atoms with Crippen molar-refractivity contribution >= 4 is 81.1 Å². The number of morpholine rings is 1. The van der Waals surface area contributed by atoms with Gasteiger partial charge in [-0.2, -0.15) is 30.6 Å². The van der Waals surface area contributed by atoms with Crippen molar-refractivity contribution in [3.8, 4) is 33.8 Å². The van der Waals surface area contributed by atoms with Gasteiger partial charge in [0.1, 0.15) is 16.9 Å². The lowest BCUT2D eigenvalue weighted by Crippen LogP contribution is -2.38. The third-order valence-corrected chi connectivity index (χ3v) is 17.2. The molecule has 0 atom stereocenters. The van der Waals surface area contributed by atoms with E-state index in [2.05, 4.69) is 100 Å². The highest BCUT2D eigenvalue weighted by molar-refractivity contribution is 6.33. The molecule has 95 heavy (non-hydrogen) atoms. The van der Waals surface area contributed by atoms with Gasteiger partial charge in [0.25, 0.3) is 0 Å². The summed E-state index contributed by atoms with van der Waals surface area (Å²) in [6.07, 6.45) is 22.2. The molecule has 482 valence electrons. The monoisotopic (exact) mass is 1310 g/mol. The van der Waals surface area contributed by atoms with E-state index in [0.717, 1.165) is 141 Å². The Labute approximate surface area is 554 Å². The Morgan fingerprint density at radius 1 is 0.516 bits per heavy atom. The quantitative estimate of drug-likeness (QED) is 0.0393. The topological polar surface area (TPSA) is 305 Å². The maximum atomic E-state index is 6.30. The minimum Gasteiger partial charge on any atom is -0.399 e. The van der Waals surface area contributed by atoms with Gasteiger partial charge in [0, 0.05) is 155 Å². The van der Waals surface area contributed by atoms with Gasteiger partial charge >= 0.3 is 0 Å². The molecule has 17 rings (SSSR count). The van der Waals surface area contributed by atoms with Crippen LogP contribution in [0, 0.1) is 27.7 Å². The van der Waals surface area contributed by atoms with Crippen LogP contribution >= 0.6 is 23.2 Å². The molecule has 3 aliphatic rings. The van der Waals surface area contributed by atoms with Crippen LogP contribution in [0.3, 0.4) is 0 Å². The van der Waals surface area contributed by atoms with Crippen LogP contribution in [0.4, 0.5) is 41.0 Å². The zero-order valence-corrected chi connectivity index (χ0v) is 54.1. The highest BCUT2D eigenvalue weighted by atomic mass is 35.5. The summed E-state index contributed by atoms with van der Waals surface area (Å²) in [5.74, 6) is 5.40. The van der Waals surface area contributed by atoms with E-state index in [9.17, 15) is 0 Å². The van der Waals surface area contributed by atoms with E-state index in [1.807, 2.05) is 148 Å². The van der Waals surface area contributed by atoms with Gasteiger partial charge in [-0.3, -0.25) is 47.4 Å². The standard InChI is InChI=1S/C23H23N9.C22H27N9O.C21H18Cl2N8/c1-14-11-32-22(26-14)9-19(27-23(32)28-21-8-20(29-30-21)16-5-6-16)17-10-25-31(13-17)12-15-3-2-4-18(24)7-15;1-15-13-31-21(24-15)11-18(25-22(31)26-20-10-19(27-28-20)16-2-3-16)17-12-23-30(14-17)5-4-29-6-8-32-9-7-29;1-12-5-19(29-28-12)27-21-26-18(7-20-25-13(2)9-31(20)21)15-8-24-30(11-15)10-14-6-16(22)3-4-17(14)23/h2-4,7-11,13,16H,5-6,12,24H2,1H3,(H2,27,28,29,30);10-14,16H,2-9H2,1H3,(H2,25,26,27,28);3-9,11H,10H2,1-2H3,(H2,26,27,28,29). The zero-order chi connectivity index (χ0) is 64.7. The number of nitrogens with zero attached hydrogens (tertiary/aromatic N) is 19. The molecular formula is C66H68Cl2N26O. The smallest absolute Gasteiger partial charge is 0.215 e. The Kier molecular flexibility index (Phi) is 16.5. The molecule has 27 nitrogen and oxygen atoms in total. The van der Waals surface area contributed by atoms with Crippen molar-refractivity contribution in [1.82, 2.24) is 108 Å². The van der Waals surface area contributed by atoms with Crippen LogP contribution in [0.25, 0.3) is 50.7 Å². The first-order valence-corrected chi connectivity index (χ1v) is 32.2. The summed E-state index contributed by atoms with van der Waals surface area (Å²) in [6.45, 7) is 14.4. The van der Waals surface area contributed by atoms with Crippen molar-refractivity contribution in [3.05, 3.63) is 190 Å². The Morgan fingerprint density at radius 2 is 1.00 bits per heavy atom. The summed E-state index contributed by atoms with van der Waals surface area (Å²) in [5, 5.41) is 47.1. The van der Waals surface area contributed by atoms with Crippen molar-refractivity contribution in [3.63, 3.8) is 0 Å². The molecule has 1 saturated heterocycles. The molecule has 12 aromatic heterocycles. The average Bonchev–Trinajstić information content (AvgIpc) is 1.73. The van der Waals surface area contributed by atoms with Gasteiger partial charge in [0.15, 0.2) is 17.5 Å². The van der Waals surface area contributed by atoms with Crippen LogP contribution in [0.1, 0.15) is 82.8 Å². The number of imidazole rings is 3. The molecule has 0 radical (unpaired) electrons. The molecule has 3 fully saturated rings. The van der Waals surface area contributed by atoms with E-state index < -0.39 is 0 Å². The van der Waals surface area contributed by atoms with E-state index in [1.54, 1.807) is 23.0 Å². The van der Waals surface area contributed by atoms with E-state index in [-0.39, 0.29) is 0 Å². The largest absolute Gasteiger partial charge is 0.399 e. The molecule has 29 heteroatoms. The molecule has 0 unspecified atom stereocenters. The Bertz CT molecular complexity index is 5040. The van der Waals surface area contributed by atoms with Crippen LogP contribution in [-0.4, -0.2) is 141 Å². The minimum absolute atomic E-state index is 0.502. The molecule has 0 bridgehead atoms. The number of ether oxygens (including phenoxy) is 1. The number of aromatic amines is 3. The normalized spacial score (nSPS) is 14.1. The number of nitrogen functional groups attached to an aromatic ring is 1. The summed E-state index contributed by atoms with van der Waals surface area (Å²) in [6, 6.07) is 25.2. The number of fused-ring (bicyclic) bond motifs is 3. The van der Waals surface area contributed by atoms with E-state index in [4.69, 9.17) is 48.6 Å². The number of aryl methyl sites for hydroxylation is 4. The maximum absolute atomic E-state index is 6.30. The SMILES string of the molecule is Cc1cn2c(Nc3cc(C)[nH]n3)nc(-c3cnn(Cc4cc(Cl)ccc4Cl)c3)cc2n1.Cc1cn2c(Nc3cc(C4CC4)[nH]n3)nc(-c3cnn(CCN4CCOCC4)c3)cc2n1.Cc1cn2c(Nc3cc(C4CC4)[nH]n3)nc(-c3cnn(Cc4cccc(N)c4)c3)cc2n1. The van der Waals surface area contributed by atoms with Crippen molar-refractivity contribution in [2.24, 2.45) is 0 Å². The minimum atomic E-state index is 0.502. The fourth-order valence-electron chi connectivity index (χ4n) is 11.4. The molecule has 1 aliphatic heterocycles. The third-order valence-electron chi connectivity index (χ3n) is 16.5. The summed E-state index contributed by atoms with van der Waals surface area (Å²) in [7, 11) is 0. The number of hydrogen-bond donors (Lipinski definition) is 7. The average molecular weight is 1310 g/mol. The van der Waals surface area contributed by atoms with Gasteiger partial charge in [-0.05, 0) is 94.8 Å². The van der Waals surface area contributed by atoms with Crippen LogP contribution in [0.15, 0.2) is 135 Å². The van der Waals surface area contributed by atoms with E-state index in [0.29, 0.717) is 58.6 Å². The van der Waals surface area contributed by atoms with Gasteiger partial charge in [0.05, 0.1) is 85.6 Å². The van der Waals surface area contributed by atoms with Crippen LogP contribution in [0.2, 0.25) is 10.0 Å². The number of rotatable bonds is 18. The Balaban J connectivity index is 0.000000117. The summed E-state index contributed by atoms with van der Waals surface area (Å²) in [4.78, 5) is 30.9. The summed E-state index contributed by atoms with van der Waals surface area (Å²) >= 11 is 12.4. The van der Waals surface area contributed by atoms with E-state index in [1.165, 1.54) is 37.1 Å². The molecule has 2 aliphatic carbocycles. The molecule has 2 aromatic carbocycles. The predicted octanol–water partition coefficient (Wildman–Crippen LogP) is 11.5. The number of benzene rings is 2. The lowest BCUT2D eigenvalue weighted by Gasteiger charge is -2.26. The highest BCUT2D eigenvalue weighted by Crippen LogP contribution is 2.41. The number of nitrogens with one attached hydrogen (secondary N) is 6. The lowest BCUT2D eigenvalue weighted by atomic mass is 10.2. The fraction of sp³-hybridized carbons (Fsp3) is 0.273. The van der Waals surface area contributed by atoms with Crippen molar-refractivity contribution in [2.45, 2.75) is 84.8 Å². The molecule has 0 amide bonds. The van der Waals surface area contributed by atoms with Crippen molar-refractivity contribution in [1.29, 1.82) is 0 Å². The second-order valence-electron chi connectivity index (χ2n) is 24.3. The fourth-order valence-corrected chi connectivity index (χ4v) is 11.8. The lowest BCUT2D eigenvalue weighted by molar-refractivity contribution is 0.0360. The number of halogens is 2. The highest BCUT2D eigenvalue weighted by Gasteiger charge is 2.27. The Morgan fingerprint density at radius 3 is 1.49 bits per heavy atom. The first kappa shape index (κ1) is 60.5. The number of H-pyrrole nitrogens is 3. The van der Waals surface area contributed by atoms with Crippen molar-refractivity contribution in [2.75, 3.05) is 54.5 Å². The van der Waals surface area contributed by atoms with Crippen LogP contribution < -0.4 is 21.7 Å². The third kappa shape index (κ3) is 14.1. The number of nitrogens with two attached hydrogens (primary N) is 1. The molecular weight excluding hydrogens is 1240 g/mol. The number of anilines is 7. The van der Waals surface area contributed by atoms with Gasteiger partial charge in [-0.25, -0.2) is 29.9 Å². The van der Waals surface area contributed by atoms with Gasteiger partial charge in [0.2, 0.25) is 17.8 Å². The number of hydrogen-bond acceptors (Lipinski definition) is 18. The predicted molar refractivity (Wildman–Crippen MR) is 364 cm³/mol. The van der Waals surface area contributed by atoms with Crippen molar-refractivity contribution < 1.29 is 4.74 Å². The summed E-state index contributed by atoms with van der Waals surface area (Å²) < 4.78 is 16.9. The van der Waals surface area contributed by atoms with Crippen LogP contribution in [0.5, 0.6) is 0 Å². The van der Waals surface area contributed by atoms with E-state index >= 15 is 0 Å². The Hall–Kier alpha value is -10.7. The first-order valence-electron chi connectivity index (χ1n) is 31.5. The second kappa shape index (κ2) is 26.0. The van der Waals surface area contributed by atoms with Gasteiger partial charge < -0.3 is 26.4 Å². The van der Waals surface area contributed by atoms with Gasteiger partial charge in [-0.15, -0.1) is 0 Å². The maximum Gasteiger partial charge on any atom is 0.215 e. The molecule has 0 spiro atoms. The molecule has 8 N–H and O–H groups in total. The van der Waals surface area contributed by atoms with Crippen LogP contribution in [-0.2, 0) is 24.4 Å². The van der Waals surface area contributed by atoms with Gasteiger partial charge in [-0.1, -0.05) is 35.3 Å². The molecule has 13 heterocycles. The molecule has 2 saturated carbocycles. The molecule has 14 aromatic rings. The first-order chi connectivity index (χ1) is 46.3. The zero-order valence-electron chi connectivity index (χ0n) is 52.6. The number of aromatic nitrogens is 21. The summed E-state index contributed by atoms with van der Waals surface area (Å²) in [5.41, 5.74) is 22.3.